The van der Waals surface area contributed by atoms with Gasteiger partial charge in [-0.25, -0.2) is 4.98 Å². The number of rotatable bonds is 7. The summed E-state index contributed by atoms with van der Waals surface area (Å²) in [6.07, 6.45) is 2.77. The molecule has 0 saturated heterocycles. The van der Waals surface area contributed by atoms with Crippen molar-refractivity contribution in [2.24, 2.45) is 0 Å². The molecule has 0 aliphatic heterocycles. The van der Waals surface area contributed by atoms with Crippen molar-refractivity contribution in [1.82, 2.24) is 15.5 Å². The van der Waals surface area contributed by atoms with Gasteiger partial charge in [0.05, 0.1) is 5.69 Å². The first-order chi connectivity index (χ1) is 11.8. The number of nitrogens with zero attached hydrogens (tertiary/aromatic N) is 2. The van der Waals surface area contributed by atoms with Gasteiger partial charge < -0.3 is 9.84 Å². The second-order valence-corrected chi connectivity index (χ2v) is 6.92. The molecule has 2 aromatic heterocycles. The maximum absolute atomic E-state index is 12.1. The molecule has 5 nitrogen and oxygen atoms in total. The van der Waals surface area contributed by atoms with Crippen molar-refractivity contribution in [1.29, 1.82) is 0 Å². The van der Waals surface area contributed by atoms with Crippen LogP contribution in [-0.2, 0) is 12.2 Å². The number of carbonyl (C=O) groups excluding carboxylic acids is 1. The van der Waals surface area contributed by atoms with Crippen LogP contribution < -0.4 is 5.32 Å². The molecule has 0 atom stereocenters. The van der Waals surface area contributed by atoms with E-state index in [-0.39, 0.29) is 11.6 Å². The van der Waals surface area contributed by atoms with Crippen LogP contribution in [0.25, 0.3) is 11.3 Å². The molecule has 0 fully saturated rings. The monoisotopic (exact) mass is 359 g/mol. The van der Waals surface area contributed by atoms with Gasteiger partial charge >= 0.3 is 0 Å². The molecule has 0 aliphatic rings. The Labute approximate surface area is 148 Å². The summed E-state index contributed by atoms with van der Waals surface area (Å²) in [5.74, 6) is 1.28. The SMILES string of the molecule is CSCc1nc(CCNC(=O)c2cc(-c3ccccc3)on2)cs1. The normalized spacial score (nSPS) is 10.7. The van der Waals surface area contributed by atoms with Crippen molar-refractivity contribution in [2.75, 3.05) is 12.8 Å². The quantitative estimate of drug-likeness (QED) is 0.698. The van der Waals surface area contributed by atoms with Crippen LogP contribution in [0.15, 0.2) is 46.3 Å². The zero-order valence-corrected chi connectivity index (χ0v) is 14.8. The number of nitrogens with one attached hydrogen (secondary N) is 1. The van der Waals surface area contributed by atoms with E-state index in [9.17, 15) is 4.79 Å². The van der Waals surface area contributed by atoms with Crippen LogP contribution >= 0.6 is 23.1 Å². The first kappa shape index (κ1) is 16.7. The molecular formula is C17H17N3O2S2. The fourth-order valence-corrected chi connectivity index (χ4v) is 3.72. The predicted octanol–water partition coefficient (Wildman–Crippen LogP) is 3.63. The molecule has 1 N–H and O–H groups in total. The minimum absolute atomic E-state index is 0.236. The van der Waals surface area contributed by atoms with Crippen LogP contribution in [0, 0.1) is 0 Å². The number of thioether (sulfide) groups is 1. The third kappa shape index (κ3) is 4.24. The fraction of sp³-hybridized carbons (Fsp3) is 0.235. The largest absolute Gasteiger partial charge is 0.355 e. The van der Waals surface area contributed by atoms with E-state index in [0.717, 1.165) is 22.0 Å². The molecule has 0 saturated carbocycles. The van der Waals surface area contributed by atoms with Gasteiger partial charge in [0.15, 0.2) is 11.5 Å². The van der Waals surface area contributed by atoms with Gasteiger partial charge in [0.1, 0.15) is 5.01 Å². The highest BCUT2D eigenvalue weighted by molar-refractivity contribution is 7.97. The number of aromatic nitrogens is 2. The Morgan fingerprint density at radius 2 is 2.17 bits per heavy atom. The number of amides is 1. The zero-order valence-electron chi connectivity index (χ0n) is 13.2. The van der Waals surface area contributed by atoms with Gasteiger partial charge in [-0.15, -0.1) is 11.3 Å². The summed E-state index contributed by atoms with van der Waals surface area (Å²) in [6, 6.07) is 11.2. The van der Waals surface area contributed by atoms with Crippen LogP contribution in [0.1, 0.15) is 21.2 Å². The van der Waals surface area contributed by atoms with Gasteiger partial charge in [-0.05, 0) is 6.26 Å². The highest BCUT2D eigenvalue weighted by atomic mass is 32.2. The van der Waals surface area contributed by atoms with Crippen molar-refractivity contribution >= 4 is 29.0 Å². The lowest BCUT2D eigenvalue weighted by Gasteiger charge is -2.00. The third-order valence-electron chi connectivity index (χ3n) is 3.33. The van der Waals surface area contributed by atoms with Crippen LogP contribution in [0.5, 0.6) is 0 Å². The Bertz CT molecular complexity index is 799. The Morgan fingerprint density at radius 1 is 1.33 bits per heavy atom. The number of benzene rings is 1. The Hall–Kier alpha value is -2.12. The van der Waals surface area contributed by atoms with Gasteiger partial charge in [-0.2, -0.15) is 11.8 Å². The molecule has 0 aliphatic carbocycles. The molecule has 0 bridgehead atoms. The molecule has 1 amide bonds. The molecule has 0 unspecified atom stereocenters. The minimum Gasteiger partial charge on any atom is -0.355 e. The maximum atomic E-state index is 12.1. The molecule has 0 spiro atoms. The fourth-order valence-electron chi connectivity index (χ4n) is 2.17. The highest BCUT2D eigenvalue weighted by Crippen LogP contribution is 2.19. The lowest BCUT2D eigenvalue weighted by molar-refractivity contribution is 0.0945. The Kier molecular flexibility index (Phi) is 5.66. The molecular weight excluding hydrogens is 342 g/mol. The summed E-state index contributed by atoms with van der Waals surface area (Å²) < 4.78 is 5.24. The van der Waals surface area contributed by atoms with Crippen LogP contribution in [0.3, 0.4) is 0 Å². The smallest absolute Gasteiger partial charge is 0.273 e. The van der Waals surface area contributed by atoms with Gasteiger partial charge in [0, 0.05) is 35.7 Å². The van der Waals surface area contributed by atoms with Crippen molar-refractivity contribution in [2.45, 2.75) is 12.2 Å². The van der Waals surface area contributed by atoms with E-state index in [0.29, 0.717) is 18.7 Å². The van der Waals surface area contributed by atoms with Crippen molar-refractivity contribution in [3.8, 4) is 11.3 Å². The molecule has 3 rings (SSSR count). The lowest BCUT2D eigenvalue weighted by atomic mass is 10.1. The van der Waals surface area contributed by atoms with E-state index >= 15 is 0 Å². The number of thiazole rings is 1. The molecule has 0 radical (unpaired) electrons. The average molecular weight is 359 g/mol. The maximum Gasteiger partial charge on any atom is 0.273 e. The van der Waals surface area contributed by atoms with Crippen LogP contribution in [0.2, 0.25) is 0 Å². The first-order valence-electron chi connectivity index (χ1n) is 7.49. The summed E-state index contributed by atoms with van der Waals surface area (Å²) in [6.45, 7) is 0.523. The average Bonchev–Trinajstić information content (AvgIpc) is 3.26. The van der Waals surface area contributed by atoms with Crippen LogP contribution in [0.4, 0.5) is 0 Å². The third-order valence-corrected chi connectivity index (χ3v) is 4.98. The topological polar surface area (TPSA) is 68.0 Å². The second-order valence-electron chi connectivity index (χ2n) is 5.11. The van der Waals surface area contributed by atoms with Crippen molar-refractivity contribution < 1.29 is 9.32 Å². The lowest BCUT2D eigenvalue weighted by Crippen LogP contribution is -2.26. The van der Waals surface area contributed by atoms with Gasteiger partial charge in [0.25, 0.3) is 5.91 Å². The summed E-state index contributed by atoms with van der Waals surface area (Å²) in [5.41, 5.74) is 2.19. The summed E-state index contributed by atoms with van der Waals surface area (Å²) in [7, 11) is 0. The minimum atomic E-state index is -0.236. The van der Waals surface area contributed by atoms with E-state index < -0.39 is 0 Å². The van der Waals surface area contributed by atoms with Crippen molar-refractivity contribution in [3.63, 3.8) is 0 Å². The second kappa shape index (κ2) is 8.12. The van der Waals surface area contributed by atoms with Gasteiger partial charge in [-0.3, -0.25) is 4.79 Å². The summed E-state index contributed by atoms with van der Waals surface area (Å²) in [5, 5.41) is 9.86. The zero-order chi connectivity index (χ0) is 16.8. The molecule has 24 heavy (non-hydrogen) atoms. The van der Waals surface area contributed by atoms with E-state index in [1.165, 1.54) is 0 Å². The summed E-state index contributed by atoms with van der Waals surface area (Å²) in [4.78, 5) is 16.7. The molecule has 2 heterocycles. The van der Waals surface area contributed by atoms with E-state index in [4.69, 9.17) is 4.52 Å². The summed E-state index contributed by atoms with van der Waals surface area (Å²) >= 11 is 3.41. The standard InChI is InChI=1S/C17H17N3O2S2/c1-23-11-16-19-13(10-24-16)7-8-18-17(21)14-9-15(22-20-14)12-5-3-2-4-6-12/h2-6,9-10H,7-8,11H2,1H3,(H,18,21). The highest BCUT2D eigenvalue weighted by Gasteiger charge is 2.13. The molecule has 1 aromatic carbocycles. The van der Waals surface area contributed by atoms with Gasteiger partial charge in [-0.1, -0.05) is 35.5 Å². The van der Waals surface area contributed by atoms with Gasteiger partial charge in [0.2, 0.25) is 0 Å². The Balaban J connectivity index is 1.53. The number of hydrogen-bond acceptors (Lipinski definition) is 6. The molecule has 124 valence electrons. The van der Waals surface area contributed by atoms with E-state index in [1.54, 1.807) is 29.2 Å². The predicted molar refractivity (Wildman–Crippen MR) is 97.3 cm³/mol. The molecule has 7 heteroatoms. The van der Waals surface area contributed by atoms with Crippen molar-refractivity contribution in [3.05, 3.63) is 58.2 Å². The first-order valence-corrected chi connectivity index (χ1v) is 9.76. The molecule has 3 aromatic rings. The van der Waals surface area contributed by atoms with E-state index in [2.05, 4.69) is 21.7 Å². The number of carbonyl (C=O) groups is 1. The Morgan fingerprint density at radius 3 is 2.96 bits per heavy atom. The number of hydrogen-bond donors (Lipinski definition) is 1. The van der Waals surface area contributed by atoms with E-state index in [1.807, 2.05) is 35.7 Å². The van der Waals surface area contributed by atoms with Crippen LogP contribution in [-0.4, -0.2) is 28.8 Å².